The Bertz CT molecular complexity index is 993. The Hall–Kier alpha value is -2.45. The number of sulfonamides is 1. The Labute approximate surface area is 178 Å². The number of anilines is 1. The number of rotatable bonds is 6. The molecule has 1 aliphatic rings. The Balaban J connectivity index is 1.78. The van der Waals surface area contributed by atoms with Gasteiger partial charge in [-0.05, 0) is 63.8 Å². The van der Waals surface area contributed by atoms with Gasteiger partial charge in [-0.2, -0.15) is 0 Å². The summed E-state index contributed by atoms with van der Waals surface area (Å²) in [5.41, 5.74) is 0.437. The van der Waals surface area contributed by atoms with Gasteiger partial charge in [0.05, 0.1) is 10.5 Å². The van der Waals surface area contributed by atoms with Crippen molar-refractivity contribution in [2.75, 3.05) is 18.0 Å². The van der Waals surface area contributed by atoms with E-state index in [1.165, 1.54) is 6.42 Å². The molecule has 3 rings (SSSR count). The molecule has 1 aromatic heterocycles. The third kappa shape index (κ3) is 5.58. The van der Waals surface area contributed by atoms with Gasteiger partial charge in [-0.1, -0.05) is 18.2 Å². The summed E-state index contributed by atoms with van der Waals surface area (Å²) >= 11 is 0. The maximum Gasteiger partial charge on any atom is 0.255 e. The quantitative estimate of drug-likeness (QED) is 0.735. The van der Waals surface area contributed by atoms with Crippen molar-refractivity contribution in [1.29, 1.82) is 0 Å². The molecule has 2 heterocycles. The van der Waals surface area contributed by atoms with Crippen molar-refractivity contribution in [3.05, 3.63) is 53.7 Å². The normalized spacial score (nSPS) is 15.1. The zero-order valence-corrected chi connectivity index (χ0v) is 18.6. The summed E-state index contributed by atoms with van der Waals surface area (Å²) in [4.78, 5) is 19.7. The van der Waals surface area contributed by atoms with Crippen LogP contribution < -0.4 is 14.9 Å². The summed E-state index contributed by atoms with van der Waals surface area (Å²) in [6.45, 7) is 7.25. The zero-order chi connectivity index (χ0) is 21.8. The molecule has 1 aliphatic heterocycles. The van der Waals surface area contributed by atoms with Crippen molar-refractivity contribution < 1.29 is 13.2 Å². The fraction of sp³-hybridized carbons (Fsp3) is 0.455. The van der Waals surface area contributed by atoms with Crippen molar-refractivity contribution in [2.45, 2.75) is 57.0 Å². The van der Waals surface area contributed by atoms with Crippen LogP contribution in [0.25, 0.3) is 0 Å². The Morgan fingerprint density at radius 3 is 2.47 bits per heavy atom. The van der Waals surface area contributed by atoms with Gasteiger partial charge in [-0.15, -0.1) is 0 Å². The summed E-state index contributed by atoms with van der Waals surface area (Å²) in [6, 6.07) is 10.2. The second-order valence-corrected chi connectivity index (χ2v) is 10.2. The fourth-order valence-electron chi connectivity index (χ4n) is 3.57. The first kappa shape index (κ1) is 22.2. The molecule has 0 radical (unpaired) electrons. The second kappa shape index (κ2) is 9.14. The third-order valence-corrected chi connectivity index (χ3v) is 6.69. The predicted molar refractivity (Wildman–Crippen MR) is 118 cm³/mol. The van der Waals surface area contributed by atoms with Crippen molar-refractivity contribution in [2.24, 2.45) is 0 Å². The number of piperidine rings is 1. The molecule has 0 unspecified atom stereocenters. The lowest BCUT2D eigenvalue weighted by atomic mass is 10.1. The number of nitrogens with one attached hydrogen (secondary N) is 2. The number of aromatic nitrogens is 1. The molecule has 0 saturated carbocycles. The van der Waals surface area contributed by atoms with Gasteiger partial charge >= 0.3 is 0 Å². The van der Waals surface area contributed by atoms with E-state index in [1.807, 2.05) is 0 Å². The number of hydrogen-bond donors (Lipinski definition) is 2. The third-order valence-electron chi connectivity index (χ3n) is 4.83. The van der Waals surface area contributed by atoms with Gasteiger partial charge in [0.25, 0.3) is 5.91 Å². The van der Waals surface area contributed by atoms with Gasteiger partial charge in [0.15, 0.2) is 0 Å². The van der Waals surface area contributed by atoms with Crippen LogP contribution in [0.2, 0.25) is 0 Å². The highest BCUT2D eigenvalue weighted by molar-refractivity contribution is 7.89. The van der Waals surface area contributed by atoms with E-state index in [9.17, 15) is 13.2 Å². The summed E-state index contributed by atoms with van der Waals surface area (Å²) in [5, 5.41) is 2.87. The molecule has 2 aromatic rings. The Morgan fingerprint density at radius 2 is 1.77 bits per heavy atom. The van der Waals surface area contributed by atoms with Crippen molar-refractivity contribution in [3.63, 3.8) is 0 Å². The first-order valence-corrected chi connectivity index (χ1v) is 11.8. The minimum atomic E-state index is -3.71. The average molecular weight is 431 g/mol. The Morgan fingerprint density at radius 1 is 1.07 bits per heavy atom. The summed E-state index contributed by atoms with van der Waals surface area (Å²) in [7, 11) is -3.71. The second-order valence-electron chi connectivity index (χ2n) is 8.57. The molecule has 30 heavy (non-hydrogen) atoms. The van der Waals surface area contributed by atoms with Gasteiger partial charge in [-0.25, -0.2) is 18.1 Å². The number of hydrogen-bond acceptors (Lipinski definition) is 5. The van der Waals surface area contributed by atoms with E-state index >= 15 is 0 Å². The van der Waals surface area contributed by atoms with Crippen LogP contribution in [0.5, 0.6) is 0 Å². The number of amides is 1. The van der Waals surface area contributed by atoms with E-state index in [1.54, 1.807) is 63.4 Å². The molecule has 1 amide bonds. The molecule has 0 aliphatic carbocycles. The van der Waals surface area contributed by atoms with Crippen LogP contribution >= 0.6 is 0 Å². The van der Waals surface area contributed by atoms with E-state index in [4.69, 9.17) is 0 Å². The largest absolute Gasteiger partial charge is 0.356 e. The molecule has 1 aromatic carbocycles. The molecule has 1 saturated heterocycles. The minimum Gasteiger partial charge on any atom is -0.356 e. The van der Waals surface area contributed by atoms with E-state index in [-0.39, 0.29) is 17.3 Å². The topological polar surface area (TPSA) is 91.4 Å². The average Bonchev–Trinajstić information content (AvgIpc) is 2.71. The van der Waals surface area contributed by atoms with Crippen LogP contribution in [0.4, 0.5) is 5.82 Å². The van der Waals surface area contributed by atoms with Crippen molar-refractivity contribution >= 4 is 21.7 Å². The van der Waals surface area contributed by atoms with E-state index < -0.39 is 15.6 Å². The van der Waals surface area contributed by atoms with Crippen LogP contribution in [0.1, 0.15) is 56.0 Å². The maximum absolute atomic E-state index is 12.9. The SMILES string of the molecule is CC(C)(C)NS(=O)(=O)c1ccccc1CNC(=O)c1cccnc1N1CCCCC1. The first-order valence-electron chi connectivity index (χ1n) is 10.3. The lowest BCUT2D eigenvalue weighted by Gasteiger charge is -2.29. The highest BCUT2D eigenvalue weighted by atomic mass is 32.2. The standard InChI is InChI=1S/C22H30N4O3S/c1-22(2,3)25-30(28,29)19-12-6-5-10-17(19)16-24-21(27)18-11-9-13-23-20(18)26-14-7-4-8-15-26/h5-6,9-13,25H,4,7-8,14-16H2,1-3H3,(H,24,27). The monoisotopic (exact) mass is 430 g/mol. The summed E-state index contributed by atoms with van der Waals surface area (Å²) in [5.74, 6) is 0.421. The maximum atomic E-state index is 12.9. The predicted octanol–water partition coefficient (Wildman–Crippen LogP) is 3.08. The Kier molecular flexibility index (Phi) is 6.77. The lowest BCUT2D eigenvalue weighted by Crippen LogP contribution is -2.41. The van der Waals surface area contributed by atoms with Gasteiger partial charge in [0.1, 0.15) is 5.82 Å². The van der Waals surface area contributed by atoms with E-state index in [0.717, 1.165) is 25.9 Å². The van der Waals surface area contributed by atoms with Crippen molar-refractivity contribution in [1.82, 2.24) is 15.0 Å². The van der Waals surface area contributed by atoms with E-state index in [2.05, 4.69) is 19.9 Å². The highest BCUT2D eigenvalue weighted by Gasteiger charge is 2.25. The molecule has 7 nitrogen and oxygen atoms in total. The molecule has 0 atom stereocenters. The van der Waals surface area contributed by atoms with Crippen molar-refractivity contribution in [3.8, 4) is 0 Å². The number of carbonyl (C=O) groups excluding carboxylic acids is 1. The van der Waals surface area contributed by atoms with Crippen LogP contribution in [-0.2, 0) is 16.6 Å². The number of nitrogens with zero attached hydrogens (tertiary/aromatic N) is 2. The van der Waals surface area contributed by atoms with Crippen LogP contribution in [0.15, 0.2) is 47.5 Å². The number of carbonyl (C=O) groups is 1. The number of pyridine rings is 1. The van der Waals surface area contributed by atoms with Gasteiger partial charge in [-0.3, -0.25) is 4.79 Å². The molecule has 0 spiro atoms. The molecule has 162 valence electrons. The van der Waals surface area contributed by atoms with Gasteiger partial charge in [0.2, 0.25) is 10.0 Å². The fourth-order valence-corrected chi connectivity index (χ4v) is 5.23. The molecule has 1 fully saturated rings. The van der Waals surface area contributed by atoms with Crippen LogP contribution in [0, 0.1) is 0 Å². The zero-order valence-electron chi connectivity index (χ0n) is 17.8. The summed E-state index contributed by atoms with van der Waals surface area (Å²) in [6.07, 6.45) is 5.06. The summed E-state index contributed by atoms with van der Waals surface area (Å²) < 4.78 is 28.3. The highest BCUT2D eigenvalue weighted by Crippen LogP contribution is 2.22. The van der Waals surface area contributed by atoms with Crippen LogP contribution in [0.3, 0.4) is 0 Å². The first-order chi connectivity index (χ1) is 14.2. The molecule has 0 bridgehead atoms. The van der Waals surface area contributed by atoms with Gasteiger partial charge in [0, 0.05) is 31.4 Å². The number of benzene rings is 1. The molecular formula is C22H30N4O3S. The molecule has 8 heteroatoms. The lowest BCUT2D eigenvalue weighted by molar-refractivity contribution is 0.0950. The van der Waals surface area contributed by atoms with Crippen LogP contribution in [-0.4, -0.2) is 37.9 Å². The van der Waals surface area contributed by atoms with E-state index in [0.29, 0.717) is 16.9 Å². The smallest absolute Gasteiger partial charge is 0.255 e. The van der Waals surface area contributed by atoms with Gasteiger partial charge < -0.3 is 10.2 Å². The molecule has 2 N–H and O–H groups in total. The minimum absolute atomic E-state index is 0.106. The molecular weight excluding hydrogens is 400 g/mol.